The third kappa shape index (κ3) is 5.10. The van der Waals surface area contributed by atoms with Gasteiger partial charge in [-0.25, -0.2) is 8.42 Å². The summed E-state index contributed by atoms with van der Waals surface area (Å²) in [5.41, 5.74) is 0.450. The molecular weight excluding hydrogens is 332 g/mol. The Morgan fingerprint density at radius 1 is 1.29 bits per heavy atom. The fraction of sp³-hybridized carbons (Fsp3) is 0.312. The summed E-state index contributed by atoms with van der Waals surface area (Å²) in [5.74, 6) is 0.832. The van der Waals surface area contributed by atoms with E-state index in [1.54, 1.807) is 36.4 Å². The van der Waals surface area contributed by atoms with Crippen molar-refractivity contribution in [2.75, 3.05) is 26.5 Å². The molecule has 1 aromatic carbocycles. The van der Waals surface area contributed by atoms with E-state index in [1.807, 2.05) is 0 Å². The Morgan fingerprint density at radius 2 is 2.08 bits per heavy atom. The van der Waals surface area contributed by atoms with E-state index >= 15 is 0 Å². The van der Waals surface area contributed by atoms with Crippen molar-refractivity contribution in [1.82, 2.24) is 9.62 Å². The third-order valence-electron chi connectivity index (χ3n) is 3.36. The van der Waals surface area contributed by atoms with E-state index < -0.39 is 10.0 Å². The lowest BCUT2D eigenvalue weighted by atomic mass is 10.2. The van der Waals surface area contributed by atoms with E-state index in [1.165, 1.54) is 17.7 Å². The molecule has 2 aromatic rings. The van der Waals surface area contributed by atoms with Gasteiger partial charge in [-0.2, -0.15) is 4.31 Å². The number of sulfonamides is 1. The standard InChI is InChI=1S/C16H20N2O5S/c1-22-14-6-3-5-13(11-14)16(19)17-8-9-18(24(2,20)21)12-15-7-4-10-23-15/h3-7,10-11H,8-9,12H2,1-2H3,(H,17,19). The maximum Gasteiger partial charge on any atom is 0.251 e. The summed E-state index contributed by atoms with van der Waals surface area (Å²) in [5, 5.41) is 2.70. The SMILES string of the molecule is COc1cccc(C(=O)NCCN(Cc2ccco2)S(C)(=O)=O)c1. The van der Waals surface area contributed by atoms with Gasteiger partial charge in [-0.15, -0.1) is 0 Å². The van der Waals surface area contributed by atoms with E-state index in [4.69, 9.17) is 9.15 Å². The first-order valence-corrected chi connectivity index (χ1v) is 9.15. The van der Waals surface area contributed by atoms with E-state index in [-0.39, 0.29) is 25.5 Å². The van der Waals surface area contributed by atoms with Crippen LogP contribution in [-0.2, 0) is 16.6 Å². The van der Waals surface area contributed by atoms with Gasteiger partial charge in [0.2, 0.25) is 10.0 Å². The van der Waals surface area contributed by atoms with Gasteiger partial charge < -0.3 is 14.5 Å². The molecular formula is C16H20N2O5S. The minimum Gasteiger partial charge on any atom is -0.497 e. The molecule has 24 heavy (non-hydrogen) atoms. The molecule has 1 aromatic heterocycles. The second kappa shape index (κ2) is 7.98. The predicted octanol–water partition coefficient (Wildman–Crippen LogP) is 1.48. The quantitative estimate of drug-likeness (QED) is 0.777. The zero-order chi connectivity index (χ0) is 17.6. The zero-order valence-corrected chi connectivity index (χ0v) is 14.4. The van der Waals surface area contributed by atoms with Gasteiger partial charge in [-0.1, -0.05) is 6.07 Å². The molecule has 0 saturated heterocycles. The number of carbonyl (C=O) groups excluding carboxylic acids is 1. The van der Waals surface area contributed by atoms with Crippen molar-refractivity contribution in [1.29, 1.82) is 0 Å². The summed E-state index contributed by atoms with van der Waals surface area (Å²) in [4.78, 5) is 12.1. The summed E-state index contributed by atoms with van der Waals surface area (Å²) in [6.45, 7) is 0.458. The second-order valence-electron chi connectivity index (χ2n) is 5.16. The van der Waals surface area contributed by atoms with Crippen LogP contribution in [0, 0.1) is 0 Å². The summed E-state index contributed by atoms with van der Waals surface area (Å²) < 4.78 is 35.2. The summed E-state index contributed by atoms with van der Waals surface area (Å²) in [6, 6.07) is 10.1. The molecule has 0 fully saturated rings. The van der Waals surface area contributed by atoms with Gasteiger partial charge in [0.05, 0.1) is 26.2 Å². The molecule has 0 aliphatic carbocycles. The molecule has 1 N–H and O–H groups in total. The summed E-state index contributed by atoms with van der Waals surface area (Å²) >= 11 is 0. The smallest absolute Gasteiger partial charge is 0.251 e. The average molecular weight is 352 g/mol. The van der Waals surface area contributed by atoms with Gasteiger partial charge >= 0.3 is 0 Å². The van der Waals surface area contributed by atoms with E-state index in [0.29, 0.717) is 17.1 Å². The number of furan rings is 1. The number of amides is 1. The first-order valence-electron chi connectivity index (χ1n) is 7.30. The number of ether oxygens (including phenoxy) is 1. The van der Waals surface area contributed by atoms with Crippen LogP contribution in [0.2, 0.25) is 0 Å². The van der Waals surface area contributed by atoms with Gasteiger partial charge in [0, 0.05) is 18.7 Å². The highest BCUT2D eigenvalue weighted by Gasteiger charge is 2.18. The molecule has 130 valence electrons. The van der Waals surface area contributed by atoms with Gasteiger partial charge in [0.15, 0.2) is 0 Å². The number of hydrogen-bond donors (Lipinski definition) is 1. The van der Waals surface area contributed by atoms with Crippen LogP contribution in [0.3, 0.4) is 0 Å². The fourth-order valence-electron chi connectivity index (χ4n) is 2.10. The number of nitrogens with one attached hydrogen (secondary N) is 1. The monoisotopic (exact) mass is 352 g/mol. The highest BCUT2D eigenvalue weighted by Crippen LogP contribution is 2.12. The normalized spacial score (nSPS) is 11.5. The Balaban J connectivity index is 1.93. The number of carbonyl (C=O) groups is 1. The Hall–Kier alpha value is -2.32. The molecule has 1 amide bonds. The van der Waals surface area contributed by atoms with Gasteiger partial charge in [-0.3, -0.25) is 4.79 Å². The van der Waals surface area contributed by atoms with Crippen LogP contribution in [0.5, 0.6) is 5.75 Å². The van der Waals surface area contributed by atoms with Crippen molar-refractivity contribution in [3.05, 3.63) is 54.0 Å². The van der Waals surface area contributed by atoms with Crippen molar-refractivity contribution >= 4 is 15.9 Å². The van der Waals surface area contributed by atoms with Crippen molar-refractivity contribution < 1.29 is 22.4 Å². The van der Waals surface area contributed by atoms with E-state index in [9.17, 15) is 13.2 Å². The molecule has 0 saturated carbocycles. The highest BCUT2D eigenvalue weighted by atomic mass is 32.2. The molecule has 2 rings (SSSR count). The Morgan fingerprint density at radius 3 is 2.71 bits per heavy atom. The molecule has 0 unspecified atom stereocenters. The largest absolute Gasteiger partial charge is 0.497 e. The Labute approximate surface area is 141 Å². The number of hydrogen-bond acceptors (Lipinski definition) is 5. The zero-order valence-electron chi connectivity index (χ0n) is 13.6. The first-order chi connectivity index (χ1) is 11.4. The number of benzene rings is 1. The number of nitrogens with zero attached hydrogens (tertiary/aromatic N) is 1. The first kappa shape index (κ1) is 18.0. The fourth-order valence-corrected chi connectivity index (χ4v) is 2.88. The number of methoxy groups -OCH3 is 1. The van der Waals surface area contributed by atoms with Crippen LogP contribution in [0.1, 0.15) is 16.1 Å². The van der Waals surface area contributed by atoms with E-state index in [0.717, 1.165) is 6.26 Å². The summed E-state index contributed by atoms with van der Waals surface area (Å²) in [6.07, 6.45) is 2.61. The molecule has 0 radical (unpaired) electrons. The lowest BCUT2D eigenvalue weighted by Crippen LogP contribution is -2.37. The van der Waals surface area contributed by atoms with Gasteiger partial charge in [0.25, 0.3) is 5.91 Å². The number of rotatable bonds is 8. The Bertz CT molecular complexity index is 772. The van der Waals surface area contributed by atoms with E-state index in [2.05, 4.69) is 5.32 Å². The molecule has 1 heterocycles. The predicted molar refractivity (Wildman–Crippen MR) is 89.3 cm³/mol. The van der Waals surface area contributed by atoms with Crippen molar-refractivity contribution in [2.45, 2.75) is 6.54 Å². The van der Waals surface area contributed by atoms with Gasteiger partial charge in [-0.05, 0) is 30.3 Å². The second-order valence-corrected chi connectivity index (χ2v) is 7.15. The van der Waals surface area contributed by atoms with Crippen molar-refractivity contribution in [3.8, 4) is 5.75 Å². The van der Waals surface area contributed by atoms with Crippen LogP contribution in [0.25, 0.3) is 0 Å². The maximum atomic E-state index is 12.1. The van der Waals surface area contributed by atoms with Crippen LogP contribution >= 0.6 is 0 Å². The van der Waals surface area contributed by atoms with Gasteiger partial charge in [0.1, 0.15) is 11.5 Å². The molecule has 0 spiro atoms. The third-order valence-corrected chi connectivity index (χ3v) is 4.61. The molecule has 0 bridgehead atoms. The van der Waals surface area contributed by atoms with Crippen LogP contribution in [0.15, 0.2) is 47.1 Å². The maximum absolute atomic E-state index is 12.1. The molecule has 0 aliphatic rings. The lowest BCUT2D eigenvalue weighted by molar-refractivity contribution is 0.0951. The minimum absolute atomic E-state index is 0.126. The molecule has 0 atom stereocenters. The van der Waals surface area contributed by atoms with Crippen molar-refractivity contribution in [2.24, 2.45) is 0 Å². The molecule has 0 aliphatic heterocycles. The highest BCUT2D eigenvalue weighted by molar-refractivity contribution is 7.88. The molecule has 8 heteroatoms. The van der Waals surface area contributed by atoms with Crippen LogP contribution in [0.4, 0.5) is 0 Å². The lowest BCUT2D eigenvalue weighted by Gasteiger charge is -2.19. The average Bonchev–Trinajstić information content (AvgIpc) is 3.06. The topological polar surface area (TPSA) is 88.8 Å². The Kier molecular flexibility index (Phi) is 5.99. The molecule has 7 nitrogen and oxygen atoms in total. The summed E-state index contributed by atoms with van der Waals surface area (Å²) in [7, 11) is -1.89. The van der Waals surface area contributed by atoms with Crippen molar-refractivity contribution in [3.63, 3.8) is 0 Å². The minimum atomic E-state index is -3.41. The van der Waals surface area contributed by atoms with Crippen LogP contribution < -0.4 is 10.1 Å². The van der Waals surface area contributed by atoms with Crippen LogP contribution in [-0.4, -0.2) is 45.1 Å².